The lowest BCUT2D eigenvalue weighted by Crippen LogP contribution is -2.51. The zero-order valence-corrected chi connectivity index (χ0v) is 21.8. The van der Waals surface area contributed by atoms with Crippen molar-refractivity contribution in [3.8, 4) is 11.1 Å². The first-order chi connectivity index (χ1) is 17.8. The fourth-order valence-corrected chi connectivity index (χ4v) is 4.23. The molecule has 0 unspecified atom stereocenters. The van der Waals surface area contributed by atoms with Gasteiger partial charge in [0.05, 0.1) is 12.8 Å². The van der Waals surface area contributed by atoms with E-state index in [2.05, 4.69) is 12.1 Å². The SMILES string of the molecule is CC(C)(C)N(CC(=O)N(CCc1ccccc1)Cc1ccco1)C(=O)c1ccc(-c2ccccc2)cc1. The minimum Gasteiger partial charge on any atom is -0.467 e. The van der Waals surface area contributed by atoms with Crippen molar-refractivity contribution >= 4 is 11.8 Å². The van der Waals surface area contributed by atoms with Crippen molar-refractivity contribution in [3.05, 3.63) is 120 Å². The zero-order valence-electron chi connectivity index (χ0n) is 21.8. The van der Waals surface area contributed by atoms with Crippen molar-refractivity contribution in [2.45, 2.75) is 39.3 Å². The van der Waals surface area contributed by atoms with Crippen molar-refractivity contribution in [2.75, 3.05) is 13.1 Å². The normalized spacial score (nSPS) is 11.2. The number of rotatable bonds is 9. The Bertz CT molecular complexity index is 1280. The van der Waals surface area contributed by atoms with Gasteiger partial charge in [-0.05, 0) is 68.1 Å². The minimum absolute atomic E-state index is 0.0156. The molecule has 5 heteroatoms. The molecular formula is C32H34N2O3. The molecule has 2 amide bonds. The van der Waals surface area contributed by atoms with Crippen LogP contribution in [0.15, 0.2) is 108 Å². The average Bonchev–Trinajstić information content (AvgIpc) is 3.43. The molecule has 0 fully saturated rings. The predicted molar refractivity (Wildman–Crippen MR) is 147 cm³/mol. The molecule has 37 heavy (non-hydrogen) atoms. The smallest absolute Gasteiger partial charge is 0.254 e. The fourth-order valence-electron chi connectivity index (χ4n) is 4.23. The Morgan fingerprint density at radius 1 is 0.757 bits per heavy atom. The van der Waals surface area contributed by atoms with E-state index in [0.29, 0.717) is 24.4 Å². The van der Waals surface area contributed by atoms with Crippen LogP contribution in [0.3, 0.4) is 0 Å². The number of nitrogens with zero attached hydrogens (tertiary/aromatic N) is 2. The van der Waals surface area contributed by atoms with E-state index in [1.165, 1.54) is 0 Å². The molecular weight excluding hydrogens is 460 g/mol. The molecule has 1 heterocycles. The number of carbonyl (C=O) groups is 2. The number of amides is 2. The molecule has 0 aliphatic carbocycles. The Labute approximate surface area is 219 Å². The van der Waals surface area contributed by atoms with Crippen LogP contribution in [0.4, 0.5) is 0 Å². The van der Waals surface area contributed by atoms with E-state index in [1.54, 1.807) is 16.1 Å². The highest BCUT2D eigenvalue weighted by atomic mass is 16.3. The summed E-state index contributed by atoms with van der Waals surface area (Å²) in [7, 11) is 0. The Hall–Kier alpha value is -4.12. The number of hydrogen-bond donors (Lipinski definition) is 0. The van der Waals surface area contributed by atoms with Gasteiger partial charge in [0.25, 0.3) is 5.91 Å². The molecule has 0 atom stereocenters. The van der Waals surface area contributed by atoms with Gasteiger partial charge in [0, 0.05) is 17.6 Å². The quantitative estimate of drug-likeness (QED) is 0.268. The molecule has 0 saturated carbocycles. The third kappa shape index (κ3) is 6.98. The number of benzene rings is 3. The van der Waals surface area contributed by atoms with Crippen LogP contribution >= 0.6 is 0 Å². The van der Waals surface area contributed by atoms with E-state index < -0.39 is 5.54 Å². The van der Waals surface area contributed by atoms with Crippen LogP contribution in [0.1, 0.15) is 42.5 Å². The maximum atomic E-state index is 13.6. The summed E-state index contributed by atoms with van der Waals surface area (Å²) in [5, 5.41) is 0. The third-order valence-corrected chi connectivity index (χ3v) is 6.38. The van der Waals surface area contributed by atoms with Gasteiger partial charge in [0.1, 0.15) is 12.3 Å². The number of hydrogen-bond acceptors (Lipinski definition) is 3. The fraction of sp³-hybridized carbons (Fsp3) is 0.250. The van der Waals surface area contributed by atoms with Crippen molar-refractivity contribution in [1.82, 2.24) is 9.80 Å². The summed E-state index contributed by atoms with van der Waals surface area (Å²) < 4.78 is 5.53. The second-order valence-electron chi connectivity index (χ2n) is 10.1. The van der Waals surface area contributed by atoms with E-state index in [9.17, 15) is 9.59 Å². The summed E-state index contributed by atoms with van der Waals surface area (Å²) >= 11 is 0. The molecule has 3 aromatic carbocycles. The summed E-state index contributed by atoms with van der Waals surface area (Å²) in [6.07, 6.45) is 2.33. The summed E-state index contributed by atoms with van der Waals surface area (Å²) in [6.45, 7) is 6.74. The average molecular weight is 495 g/mol. The molecule has 190 valence electrons. The van der Waals surface area contributed by atoms with Crippen LogP contribution in [0.5, 0.6) is 0 Å². The molecule has 0 spiro atoms. The highest BCUT2D eigenvalue weighted by Gasteiger charge is 2.31. The molecule has 0 radical (unpaired) electrons. The van der Waals surface area contributed by atoms with Gasteiger partial charge >= 0.3 is 0 Å². The molecule has 5 nitrogen and oxygen atoms in total. The third-order valence-electron chi connectivity index (χ3n) is 6.38. The lowest BCUT2D eigenvalue weighted by atomic mass is 10.0. The summed E-state index contributed by atoms with van der Waals surface area (Å²) in [4.78, 5) is 30.7. The van der Waals surface area contributed by atoms with Crippen molar-refractivity contribution < 1.29 is 14.0 Å². The largest absolute Gasteiger partial charge is 0.467 e. The minimum atomic E-state index is -0.541. The Balaban J connectivity index is 1.51. The van der Waals surface area contributed by atoms with Gasteiger partial charge in [-0.15, -0.1) is 0 Å². The van der Waals surface area contributed by atoms with Crippen LogP contribution in [0.25, 0.3) is 11.1 Å². The molecule has 0 N–H and O–H groups in total. The van der Waals surface area contributed by atoms with Crippen molar-refractivity contribution in [1.29, 1.82) is 0 Å². The van der Waals surface area contributed by atoms with Gasteiger partial charge in [-0.3, -0.25) is 9.59 Å². The van der Waals surface area contributed by atoms with E-state index in [4.69, 9.17) is 4.42 Å². The standard InChI is InChI=1S/C32H34N2O3/c1-32(2,3)34(31(36)28-18-16-27(17-19-28)26-13-8-5-9-14-26)24-30(35)33(23-29-15-10-22-37-29)21-20-25-11-6-4-7-12-25/h4-19,22H,20-21,23-24H2,1-3H3. The van der Waals surface area contributed by atoms with Crippen LogP contribution in [0.2, 0.25) is 0 Å². The van der Waals surface area contributed by atoms with E-state index in [-0.39, 0.29) is 18.4 Å². The van der Waals surface area contributed by atoms with E-state index in [0.717, 1.165) is 23.1 Å². The lowest BCUT2D eigenvalue weighted by molar-refractivity contribution is -0.133. The molecule has 0 bridgehead atoms. The molecule has 4 aromatic rings. The van der Waals surface area contributed by atoms with E-state index >= 15 is 0 Å². The second-order valence-corrected chi connectivity index (χ2v) is 10.1. The first-order valence-electron chi connectivity index (χ1n) is 12.6. The molecule has 4 rings (SSSR count). The van der Waals surface area contributed by atoms with Crippen LogP contribution in [0, 0.1) is 0 Å². The first-order valence-corrected chi connectivity index (χ1v) is 12.6. The molecule has 0 aliphatic rings. The van der Waals surface area contributed by atoms with Crippen LogP contribution < -0.4 is 0 Å². The van der Waals surface area contributed by atoms with Crippen molar-refractivity contribution in [2.24, 2.45) is 0 Å². The summed E-state index contributed by atoms with van der Waals surface area (Å²) in [6, 6.07) is 31.4. The predicted octanol–water partition coefficient (Wildman–Crippen LogP) is 6.46. The maximum absolute atomic E-state index is 13.6. The molecule has 1 aromatic heterocycles. The Morgan fingerprint density at radius 2 is 1.38 bits per heavy atom. The van der Waals surface area contributed by atoms with Crippen LogP contribution in [-0.2, 0) is 17.8 Å². The Kier molecular flexibility index (Phi) is 8.24. The topological polar surface area (TPSA) is 53.8 Å². The van der Waals surface area contributed by atoms with Crippen molar-refractivity contribution in [3.63, 3.8) is 0 Å². The highest BCUT2D eigenvalue weighted by molar-refractivity contribution is 5.97. The second kappa shape index (κ2) is 11.7. The van der Waals surface area contributed by atoms with Gasteiger partial charge in [0.15, 0.2) is 0 Å². The van der Waals surface area contributed by atoms with Gasteiger partial charge in [-0.1, -0.05) is 72.8 Å². The molecule has 0 aliphatic heterocycles. The van der Waals surface area contributed by atoms with Gasteiger partial charge in [-0.25, -0.2) is 0 Å². The van der Waals surface area contributed by atoms with E-state index in [1.807, 2.05) is 106 Å². The van der Waals surface area contributed by atoms with Gasteiger partial charge < -0.3 is 14.2 Å². The Morgan fingerprint density at radius 3 is 1.97 bits per heavy atom. The molecule has 0 saturated heterocycles. The van der Waals surface area contributed by atoms with Gasteiger partial charge in [-0.2, -0.15) is 0 Å². The highest BCUT2D eigenvalue weighted by Crippen LogP contribution is 2.22. The summed E-state index contributed by atoms with van der Waals surface area (Å²) in [5.41, 5.74) is 3.31. The number of furan rings is 1. The monoisotopic (exact) mass is 494 g/mol. The number of carbonyl (C=O) groups excluding carboxylic acids is 2. The van der Waals surface area contributed by atoms with Crippen LogP contribution in [-0.4, -0.2) is 40.2 Å². The first kappa shape index (κ1) is 26.0. The van der Waals surface area contributed by atoms with Gasteiger partial charge in [0.2, 0.25) is 5.91 Å². The summed E-state index contributed by atoms with van der Waals surface area (Å²) in [5.74, 6) is 0.435. The maximum Gasteiger partial charge on any atom is 0.254 e. The lowest BCUT2D eigenvalue weighted by Gasteiger charge is -2.37. The zero-order chi connectivity index (χ0) is 26.3.